The number of nitrogens with one attached hydrogen (secondary N) is 2. The van der Waals surface area contributed by atoms with E-state index < -0.39 is 6.10 Å². The first-order valence-corrected chi connectivity index (χ1v) is 6.58. The lowest BCUT2D eigenvalue weighted by Crippen LogP contribution is -2.30. The van der Waals surface area contributed by atoms with E-state index in [1.165, 1.54) is 12.5 Å². The third-order valence-corrected chi connectivity index (χ3v) is 2.99. The van der Waals surface area contributed by atoms with Crippen LogP contribution in [0.2, 0.25) is 0 Å². The summed E-state index contributed by atoms with van der Waals surface area (Å²) in [5, 5.41) is 15.2. The van der Waals surface area contributed by atoms with Crippen LogP contribution in [-0.2, 0) is 0 Å². The number of para-hydroxylation sites is 2. The van der Waals surface area contributed by atoms with Crippen LogP contribution in [0, 0.1) is 0 Å². The van der Waals surface area contributed by atoms with Gasteiger partial charge in [0.05, 0.1) is 31.4 Å². The van der Waals surface area contributed by atoms with Crippen LogP contribution in [0.25, 0.3) is 0 Å². The van der Waals surface area contributed by atoms with E-state index in [2.05, 4.69) is 10.6 Å². The minimum Gasteiger partial charge on any atom is -0.495 e. The lowest BCUT2D eigenvalue weighted by Gasteiger charge is -2.12. The molecule has 0 bridgehead atoms. The highest BCUT2D eigenvalue weighted by Crippen LogP contribution is 2.22. The number of hydrogen-bond donors (Lipinski definition) is 3. The third kappa shape index (κ3) is 4.25. The smallest absolute Gasteiger partial charge is 0.319 e. The number of aliphatic hydroxyl groups excluding tert-OH is 1. The number of furan rings is 1. The normalized spacial score (nSPS) is 11.7. The number of hydrogen-bond acceptors (Lipinski definition) is 4. The molecule has 0 aliphatic carbocycles. The summed E-state index contributed by atoms with van der Waals surface area (Å²) in [5.74, 6) is 0.589. The standard InChI is InChI=1S/C15H18N2O4/c1-20-14-5-3-2-4-12(14)17-15(19)16-8-6-13(18)11-7-9-21-10-11/h2-5,7,9-10,13,18H,6,8H2,1H3,(H2,16,17,19)/t13-/m1/s1. The molecule has 6 heteroatoms. The van der Waals surface area contributed by atoms with Crippen molar-refractivity contribution in [1.29, 1.82) is 0 Å². The molecular formula is C15H18N2O4. The van der Waals surface area contributed by atoms with E-state index in [1.807, 2.05) is 6.07 Å². The molecular weight excluding hydrogens is 272 g/mol. The van der Waals surface area contributed by atoms with Crippen LogP contribution < -0.4 is 15.4 Å². The largest absolute Gasteiger partial charge is 0.495 e. The number of carbonyl (C=O) groups excluding carboxylic acids is 1. The minimum absolute atomic E-state index is 0.341. The molecule has 2 rings (SSSR count). The predicted molar refractivity (Wildman–Crippen MR) is 78.3 cm³/mol. The molecule has 0 aliphatic rings. The van der Waals surface area contributed by atoms with E-state index in [-0.39, 0.29) is 6.03 Å². The molecule has 0 radical (unpaired) electrons. The SMILES string of the molecule is COc1ccccc1NC(=O)NCC[C@@H](O)c1ccoc1. The maximum absolute atomic E-state index is 11.8. The van der Waals surface area contributed by atoms with Gasteiger partial charge in [-0.05, 0) is 24.6 Å². The molecule has 0 unspecified atom stereocenters. The average Bonchev–Trinajstić information content (AvgIpc) is 3.02. The molecule has 0 spiro atoms. The number of rotatable bonds is 6. The van der Waals surface area contributed by atoms with E-state index >= 15 is 0 Å². The number of methoxy groups -OCH3 is 1. The molecule has 3 N–H and O–H groups in total. The van der Waals surface area contributed by atoms with Crippen molar-refractivity contribution >= 4 is 11.7 Å². The van der Waals surface area contributed by atoms with Crippen molar-refractivity contribution in [2.45, 2.75) is 12.5 Å². The highest BCUT2D eigenvalue weighted by atomic mass is 16.5. The van der Waals surface area contributed by atoms with Crippen molar-refractivity contribution in [3.63, 3.8) is 0 Å². The number of ether oxygens (including phenoxy) is 1. The Balaban J connectivity index is 1.77. The number of benzene rings is 1. The number of amides is 2. The Morgan fingerprint density at radius 1 is 1.38 bits per heavy atom. The van der Waals surface area contributed by atoms with Crippen LogP contribution in [0.5, 0.6) is 5.75 Å². The molecule has 1 atom stereocenters. The molecule has 1 aromatic heterocycles. The molecule has 112 valence electrons. The first-order chi connectivity index (χ1) is 10.2. The Morgan fingerprint density at radius 2 is 2.19 bits per heavy atom. The summed E-state index contributed by atoms with van der Waals surface area (Å²) >= 11 is 0. The summed E-state index contributed by atoms with van der Waals surface area (Å²) < 4.78 is 10.0. The minimum atomic E-state index is -0.657. The summed E-state index contributed by atoms with van der Waals surface area (Å²) in [6, 6.07) is 8.49. The van der Waals surface area contributed by atoms with E-state index in [0.29, 0.717) is 30.0 Å². The van der Waals surface area contributed by atoms with Gasteiger partial charge in [-0.25, -0.2) is 4.79 Å². The summed E-state index contributed by atoms with van der Waals surface area (Å²) in [6.07, 6.45) is 2.73. The molecule has 1 heterocycles. The van der Waals surface area contributed by atoms with Gasteiger partial charge in [0.1, 0.15) is 5.75 Å². The number of anilines is 1. The van der Waals surface area contributed by atoms with Gasteiger partial charge in [-0.1, -0.05) is 12.1 Å². The highest BCUT2D eigenvalue weighted by Gasteiger charge is 2.10. The Morgan fingerprint density at radius 3 is 2.90 bits per heavy atom. The third-order valence-electron chi connectivity index (χ3n) is 2.99. The summed E-state index contributed by atoms with van der Waals surface area (Å²) in [4.78, 5) is 11.8. The Hall–Kier alpha value is -2.47. The van der Waals surface area contributed by atoms with Crippen molar-refractivity contribution < 1.29 is 19.1 Å². The lowest BCUT2D eigenvalue weighted by atomic mass is 10.1. The van der Waals surface area contributed by atoms with E-state index in [1.54, 1.807) is 31.4 Å². The Kier molecular flexibility index (Phi) is 5.22. The second-order valence-corrected chi connectivity index (χ2v) is 4.44. The molecule has 0 saturated carbocycles. The van der Waals surface area contributed by atoms with Crippen LogP contribution in [0.3, 0.4) is 0 Å². The number of carbonyl (C=O) groups is 1. The molecule has 0 saturated heterocycles. The van der Waals surface area contributed by atoms with Crippen molar-refractivity contribution in [3.8, 4) is 5.75 Å². The fourth-order valence-electron chi connectivity index (χ4n) is 1.87. The average molecular weight is 290 g/mol. The predicted octanol–water partition coefficient (Wildman–Crippen LogP) is 2.53. The van der Waals surface area contributed by atoms with E-state index in [0.717, 1.165) is 0 Å². The molecule has 2 aromatic rings. The van der Waals surface area contributed by atoms with Gasteiger partial charge in [0, 0.05) is 12.1 Å². The summed E-state index contributed by atoms with van der Waals surface area (Å²) in [7, 11) is 1.54. The fraction of sp³-hybridized carbons (Fsp3) is 0.267. The number of aliphatic hydroxyl groups is 1. The van der Waals surface area contributed by atoms with E-state index in [9.17, 15) is 9.90 Å². The lowest BCUT2D eigenvalue weighted by molar-refractivity contribution is 0.166. The molecule has 0 fully saturated rings. The first-order valence-electron chi connectivity index (χ1n) is 6.58. The molecule has 6 nitrogen and oxygen atoms in total. The van der Waals surface area contributed by atoms with Crippen LogP contribution in [-0.4, -0.2) is 24.8 Å². The quantitative estimate of drug-likeness (QED) is 0.763. The van der Waals surface area contributed by atoms with E-state index in [4.69, 9.17) is 9.15 Å². The zero-order chi connectivity index (χ0) is 15.1. The van der Waals surface area contributed by atoms with Crippen molar-refractivity contribution in [3.05, 3.63) is 48.4 Å². The van der Waals surface area contributed by atoms with Gasteiger partial charge < -0.3 is 24.9 Å². The van der Waals surface area contributed by atoms with Gasteiger partial charge in [0.2, 0.25) is 0 Å². The summed E-state index contributed by atoms with van der Waals surface area (Å²) in [5.41, 5.74) is 1.29. The molecule has 21 heavy (non-hydrogen) atoms. The van der Waals surface area contributed by atoms with Crippen LogP contribution in [0.15, 0.2) is 47.3 Å². The monoisotopic (exact) mass is 290 g/mol. The number of urea groups is 1. The van der Waals surface area contributed by atoms with Gasteiger partial charge in [0.25, 0.3) is 0 Å². The van der Waals surface area contributed by atoms with Crippen molar-refractivity contribution in [2.24, 2.45) is 0 Å². The Bertz CT molecular complexity index is 569. The van der Waals surface area contributed by atoms with Crippen LogP contribution >= 0.6 is 0 Å². The Labute approximate surface area is 122 Å². The zero-order valence-corrected chi connectivity index (χ0v) is 11.7. The van der Waals surface area contributed by atoms with Crippen LogP contribution in [0.4, 0.5) is 10.5 Å². The van der Waals surface area contributed by atoms with Gasteiger partial charge in [-0.3, -0.25) is 0 Å². The summed E-state index contributed by atoms with van der Waals surface area (Å²) in [6.45, 7) is 0.341. The van der Waals surface area contributed by atoms with Crippen LogP contribution in [0.1, 0.15) is 18.1 Å². The van der Waals surface area contributed by atoms with Gasteiger partial charge in [-0.2, -0.15) is 0 Å². The molecule has 0 aliphatic heterocycles. The fourth-order valence-corrected chi connectivity index (χ4v) is 1.87. The van der Waals surface area contributed by atoms with Crippen molar-refractivity contribution in [1.82, 2.24) is 5.32 Å². The maximum atomic E-state index is 11.8. The van der Waals surface area contributed by atoms with Gasteiger partial charge in [0.15, 0.2) is 0 Å². The van der Waals surface area contributed by atoms with Crippen molar-refractivity contribution in [2.75, 3.05) is 19.0 Å². The van der Waals surface area contributed by atoms with Gasteiger partial charge in [-0.15, -0.1) is 0 Å². The second-order valence-electron chi connectivity index (χ2n) is 4.44. The second kappa shape index (κ2) is 7.35. The van der Waals surface area contributed by atoms with Gasteiger partial charge >= 0.3 is 6.03 Å². The topological polar surface area (TPSA) is 83.7 Å². The molecule has 1 aromatic carbocycles. The zero-order valence-electron chi connectivity index (χ0n) is 11.7. The maximum Gasteiger partial charge on any atom is 0.319 e. The molecule has 2 amide bonds. The first kappa shape index (κ1) is 14.9. The highest BCUT2D eigenvalue weighted by molar-refractivity contribution is 5.90.